The summed E-state index contributed by atoms with van der Waals surface area (Å²) >= 11 is 1.70. The molecule has 21 heavy (non-hydrogen) atoms. The summed E-state index contributed by atoms with van der Waals surface area (Å²) in [4.78, 5) is 17.4. The van der Waals surface area contributed by atoms with Gasteiger partial charge in [-0.1, -0.05) is 6.07 Å². The molecule has 1 N–H and O–H groups in total. The highest BCUT2D eigenvalue weighted by Crippen LogP contribution is 2.27. The van der Waals surface area contributed by atoms with Crippen LogP contribution in [0, 0.1) is 20.8 Å². The molecule has 2 aromatic rings. The Morgan fingerprint density at radius 3 is 2.62 bits per heavy atom. The lowest BCUT2D eigenvalue weighted by Gasteiger charge is -2.17. The predicted molar refractivity (Wildman–Crippen MR) is 86.1 cm³/mol. The summed E-state index contributed by atoms with van der Waals surface area (Å²) in [7, 11) is 1.39. The van der Waals surface area contributed by atoms with Gasteiger partial charge in [-0.3, -0.25) is 0 Å². The van der Waals surface area contributed by atoms with Gasteiger partial charge in [0.15, 0.2) is 0 Å². The highest BCUT2D eigenvalue weighted by molar-refractivity contribution is 7.11. The van der Waals surface area contributed by atoms with Gasteiger partial charge in [-0.15, -0.1) is 11.3 Å². The highest BCUT2D eigenvalue weighted by atomic mass is 32.1. The number of anilines is 1. The minimum Gasteiger partial charge on any atom is -0.465 e. The normalized spacial score (nSPS) is 12.0. The third kappa shape index (κ3) is 3.42. The molecule has 0 aliphatic heterocycles. The van der Waals surface area contributed by atoms with Crippen molar-refractivity contribution < 1.29 is 9.53 Å². The van der Waals surface area contributed by atoms with Crippen molar-refractivity contribution in [2.24, 2.45) is 0 Å². The van der Waals surface area contributed by atoms with E-state index in [0.717, 1.165) is 22.0 Å². The van der Waals surface area contributed by atoms with Crippen molar-refractivity contribution in [2.75, 3.05) is 12.4 Å². The van der Waals surface area contributed by atoms with E-state index in [1.807, 2.05) is 26.0 Å². The lowest BCUT2D eigenvalue weighted by molar-refractivity contribution is 0.0601. The Bertz CT molecular complexity index is 664. The van der Waals surface area contributed by atoms with Gasteiger partial charge in [0.05, 0.1) is 29.4 Å². The number of benzene rings is 1. The molecule has 4 nitrogen and oxygen atoms in total. The Labute approximate surface area is 129 Å². The van der Waals surface area contributed by atoms with E-state index < -0.39 is 0 Å². The quantitative estimate of drug-likeness (QED) is 0.867. The molecule has 0 saturated carbocycles. The monoisotopic (exact) mass is 304 g/mol. The molecule has 1 unspecified atom stereocenters. The second-order valence-electron chi connectivity index (χ2n) is 5.06. The zero-order valence-corrected chi connectivity index (χ0v) is 13.8. The second kappa shape index (κ2) is 6.26. The SMILES string of the molecule is COC(=O)c1ccc(C)c(NC(C)c2nc(C)sc2C)c1. The number of aromatic nitrogens is 1. The van der Waals surface area contributed by atoms with Crippen LogP contribution in [-0.2, 0) is 4.74 Å². The third-order valence-corrected chi connectivity index (χ3v) is 4.28. The molecule has 112 valence electrons. The molecule has 0 aliphatic carbocycles. The zero-order chi connectivity index (χ0) is 15.6. The molecule has 1 heterocycles. The van der Waals surface area contributed by atoms with Crippen molar-refractivity contribution in [2.45, 2.75) is 33.7 Å². The lowest BCUT2D eigenvalue weighted by Crippen LogP contribution is -2.10. The summed E-state index contributed by atoms with van der Waals surface area (Å²) in [6.45, 7) is 8.17. The van der Waals surface area contributed by atoms with Crippen molar-refractivity contribution in [3.63, 3.8) is 0 Å². The van der Waals surface area contributed by atoms with Crippen molar-refractivity contribution in [3.05, 3.63) is 44.9 Å². The van der Waals surface area contributed by atoms with Crippen LogP contribution in [0.2, 0.25) is 0 Å². The van der Waals surface area contributed by atoms with E-state index in [0.29, 0.717) is 5.56 Å². The Balaban J connectivity index is 2.26. The number of hydrogen-bond donors (Lipinski definition) is 1. The third-order valence-electron chi connectivity index (χ3n) is 3.38. The van der Waals surface area contributed by atoms with Crippen molar-refractivity contribution >= 4 is 23.0 Å². The van der Waals surface area contributed by atoms with Gasteiger partial charge in [0.1, 0.15) is 0 Å². The highest BCUT2D eigenvalue weighted by Gasteiger charge is 2.15. The molecule has 1 aromatic heterocycles. The maximum atomic E-state index is 11.6. The molecule has 0 saturated heterocycles. The van der Waals surface area contributed by atoms with Gasteiger partial charge in [-0.25, -0.2) is 9.78 Å². The number of carbonyl (C=O) groups excluding carboxylic acids is 1. The number of esters is 1. The smallest absolute Gasteiger partial charge is 0.337 e. The first-order valence-electron chi connectivity index (χ1n) is 6.81. The van der Waals surface area contributed by atoms with Gasteiger partial charge in [-0.2, -0.15) is 0 Å². The Kier molecular flexibility index (Phi) is 4.63. The number of nitrogens with zero attached hydrogens (tertiary/aromatic N) is 1. The van der Waals surface area contributed by atoms with Crippen molar-refractivity contribution in [1.29, 1.82) is 0 Å². The minimum atomic E-state index is -0.327. The summed E-state index contributed by atoms with van der Waals surface area (Å²) in [5, 5.41) is 4.50. The number of thiazole rings is 1. The molecule has 0 bridgehead atoms. The number of hydrogen-bond acceptors (Lipinski definition) is 5. The molecule has 1 atom stereocenters. The van der Waals surface area contributed by atoms with Gasteiger partial charge in [-0.05, 0) is 45.4 Å². The van der Waals surface area contributed by atoms with Crippen LogP contribution in [0.1, 0.15) is 44.5 Å². The average molecular weight is 304 g/mol. The van der Waals surface area contributed by atoms with Crippen molar-refractivity contribution in [3.8, 4) is 0 Å². The summed E-state index contributed by atoms with van der Waals surface area (Å²) in [5.41, 5.74) is 3.61. The number of aryl methyl sites for hydroxylation is 3. The summed E-state index contributed by atoms with van der Waals surface area (Å²) in [6, 6.07) is 5.60. The number of ether oxygens (including phenoxy) is 1. The molecular formula is C16H20N2O2S. The van der Waals surface area contributed by atoms with Crippen LogP contribution < -0.4 is 5.32 Å². The largest absolute Gasteiger partial charge is 0.465 e. The number of rotatable bonds is 4. The molecular weight excluding hydrogens is 284 g/mol. The van der Waals surface area contributed by atoms with Crippen LogP contribution in [0.3, 0.4) is 0 Å². The van der Waals surface area contributed by atoms with E-state index in [-0.39, 0.29) is 12.0 Å². The molecule has 2 rings (SSSR count). The van der Waals surface area contributed by atoms with E-state index in [2.05, 4.69) is 24.1 Å². The molecule has 0 radical (unpaired) electrons. The topological polar surface area (TPSA) is 51.2 Å². The molecule has 0 spiro atoms. The van der Waals surface area contributed by atoms with Gasteiger partial charge in [0, 0.05) is 10.6 Å². The van der Waals surface area contributed by atoms with Crippen LogP contribution in [0.15, 0.2) is 18.2 Å². The maximum absolute atomic E-state index is 11.6. The van der Waals surface area contributed by atoms with Gasteiger partial charge >= 0.3 is 5.97 Å². The molecule has 5 heteroatoms. The molecule has 1 aromatic carbocycles. The van der Waals surface area contributed by atoms with Crippen LogP contribution in [0.5, 0.6) is 0 Å². The number of carbonyl (C=O) groups is 1. The summed E-state index contributed by atoms with van der Waals surface area (Å²) in [5.74, 6) is -0.327. The minimum absolute atomic E-state index is 0.0848. The summed E-state index contributed by atoms with van der Waals surface area (Å²) in [6.07, 6.45) is 0. The Hall–Kier alpha value is -1.88. The van der Waals surface area contributed by atoms with E-state index in [1.165, 1.54) is 12.0 Å². The van der Waals surface area contributed by atoms with E-state index in [1.54, 1.807) is 17.4 Å². The van der Waals surface area contributed by atoms with Crippen LogP contribution in [0.4, 0.5) is 5.69 Å². The molecule has 0 amide bonds. The fourth-order valence-electron chi connectivity index (χ4n) is 2.27. The Morgan fingerprint density at radius 2 is 2.05 bits per heavy atom. The first-order chi connectivity index (χ1) is 9.92. The van der Waals surface area contributed by atoms with Crippen molar-refractivity contribution in [1.82, 2.24) is 4.98 Å². The fraction of sp³-hybridized carbons (Fsp3) is 0.375. The van der Waals surface area contributed by atoms with Gasteiger partial charge < -0.3 is 10.1 Å². The van der Waals surface area contributed by atoms with E-state index in [9.17, 15) is 4.79 Å². The van der Waals surface area contributed by atoms with Gasteiger partial charge in [0.25, 0.3) is 0 Å². The molecule has 0 aliphatic rings. The first-order valence-corrected chi connectivity index (χ1v) is 7.63. The number of nitrogens with one attached hydrogen (secondary N) is 1. The fourth-order valence-corrected chi connectivity index (χ4v) is 3.18. The van der Waals surface area contributed by atoms with Crippen LogP contribution in [0.25, 0.3) is 0 Å². The van der Waals surface area contributed by atoms with Gasteiger partial charge in [0.2, 0.25) is 0 Å². The lowest BCUT2D eigenvalue weighted by atomic mass is 10.1. The van der Waals surface area contributed by atoms with E-state index in [4.69, 9.17) is 4.74 Å². The molecule has 0 fully saturated rings. The predicted octanol–water partition coefficient (Wildman–Crippen LogP) is 4.03. The van der Waals surface area contributed by atoms with Crippen LogP contribution >= 0.6 is 11.3 Å². The first kappa shape index (κ1) is 15.5. The maximum Gasteiger partial charge on any atom is 0.337 e. The van der Waals surface area contributed by atoms with Crippen LogP contribution in [-0.4, -0.2) is 18.1 Å². The zero-order valence-electron chi connectivity index (χ0n) is 13.0. The second-order valence-corrected chi connectivity index (χ2v) is 6.47. The summed E-state index contributed by atoms with van der Waals surface area (Å²) < 4.78 is 4.77. The number of methoxy groups -OCH3 is 1. The Morgan fingerprint density at radius 1 is 1.33 bits per heavy atom. The average Bonchev–Trinajstić information content (AvgIpc) is 2.79. The van der Waals surface area contributed by atoms with E-state index >= 15 is 0 Å². The standard InChI is InChI=1S/C16H20N2O2S/c1-9-6-7-13(16(19)20-5)8-14(9)17-10(2)15-11(3)21-12(4)18-15/h6-8,10,17H,1-5H3.